The highest BCUT2D eigenvalue weighted by Crippen LogP contribution is 2.48. The van der Waals surface area contributed by atoms with Gasteiger partial charge in [0.1, 0.15) is 23.4 Å². The molecule has 0 aromatic heterocycles. The maximum atomic E-state index is 14.5. The number of rotatable bonds is 11. The molecule has 51 heavy (non-hydrogen) atoms. The van der Waals surface area contributed by atoms with Gasteiger partial charge in [-0.2, -0.15) is 0 Å². The van der Waals surface area contributed by atoms with Crippen molar-refractivity contribution in [2.24, 2.45) is 5.92 Å². The van der Waals surface area contributed by atoms with Crippen LogP contribution in [0.15, 0.2) is 91.0 Å². The fourth-order valence-corrected chi connectivity index (χ4v) is 11.1. The van der Waals surface area contributed by atoms with Gasteiger partial charge in [-0.1, -0.05) is 61.6 Å². The average Bonchev–Trinajstić information content (AvgIpc) is 3.16. The summed E-state index contributed by atoms with van der Waals surface area (Å²) < 4.78 is 23.8. The lowest BCUT2D eigenvalue weighted by Crippen LogP contribution is -2.56. The van der Waals surface area contributed by atoms with Gasteiger partial charge in [0.2, 0.25) is 5.91 Å². The summed E-state index contributed by atoms with van der Waals surface area (Å²) in [4.78, 5) is 29.5. The molecule has 0 saturated heterocycles. The van der Waals surface area contributed by atoms with E-state index in [2.05, 4.69) is 49.6 Å². The largest absolute Gasteiger partial charge is 0.497 e. The Bertz CT molecular complexity index is 1850. The molecule has 0 fully saturated rings. The molecule has 2 N–H and O–H groups in total. The van der Waals surface area contributed by atoms with Crippen molar-refractivity contribution < 1.29 is 33.6 Å². The number of nitrogens with one attached hydrogen (secondary N) is 1. The molecule has 0 spiro atoms. The molecule has 0 aliphatic carbocycles. The highest BCUT2D eigenvalue weighted by Gasteiger charge is 2.49. The third-order valence-electron chi connectivity index (χ3n) is 10.9. The third kappa shape index (κ3) is 7.40. The molecule has 1 unspecified atom stereocenters. The smallest absolute Gasteiger partial charge is 0.255 e. The van der Waals surface area contributed by atoms with Crippen LogP contribution in [-0.2, 0) is 22.5 Å². The van der Waals surface area contributed by atoms with Crippen molar-refractivity contribution in [2.45, 2.75) is 63.2 Å². The van der Waals surface area contributed by atoms with E-state index in [-0.39, 0.29) is 54.6 Å². The number of fused-ring (bicyclic) bond motifs is 2. The van der Waals surface area contributed by atoms with Crippen molar-refractivity contribution in [3.8, 4) is 17.2 Å². The SMILES string of the molecule is COc1ccc(C(=O)Nc2ccc3c(c2)[C@@H](OC)[C@H](C)[C@@H](C(CC(=O)N2Cc4ccccc4C[C@H]2CO)[Si](C)(C)c2ccc(OC)cc2)O3)cc1. The maximum absolute atomic E-state index is 14.5. The summed E-state index contributed by atoms with van der Waals surface area (Å²) in [6, 6.07) is 28.6. The van der Waals surface area contributed by atoms with Crippen molar-refractivity contribution in [3.05, 3.63) is 113 Å². The van der Waals surface area contributed by atoms with Crippen molar-refractivity contribution >= 4 is 30.8 Å². The lowest BCUT2D eigenvalue weighted by molar-refractivity contribution is -0.136. The number of benzene rings is 4. The standard InChI is InChI=1S/C41H48N2O7Si/c1-26-39(49-4)35-22-30(42-41(46)27-11-14-32(47-2)15-12-27)13-20-36(35)50-40(26)37(51(5,6)34-18-16-33(48-3)17-19-34)23-38(45)43-24-29-10-8-7-9-28(29)21-31(43)25-44/h7-20,22,26,31,37,39-40,44H,21,23-25H2,1-6H3,(H,42,46)/t26-,31-,37?,39-,40-/m0/s1. The zero-order valence-corrected chi connectivity index (χ0v) is 31.2. The zero-order valence-electron chi connectivity index (χ0n) is 30.2. The molecular weight excluding hydrogens is 661 g/mol. The molecule has 2 amide bonds. The Labute approximate surface area is 301 Å². The first-order valence-corrected chi connectivity index (χ1v) is 20.6. The second-order valence-electron chi connectivity index (χ2n) is 14.1. The summed E-state index contributed by atoms with van der Waals surface area (Å²) >= 11 is 0. The van der Waals surface area contributed by atoms with Gasteiger partial charge in [-0.15, -0.1) is 0 Å². The van der Waals surface area contributed by atoms with E-state index in [1.54, 1.807) is 45.6 Å². The predicted octanol–water partition coefficient (Wildman–Crippen LogP) is 6.36. The number of ether oxygens (including phenoxy) is 4. The molecule has 4 aromatic rings. The monoisotopic (exact) mass is 708 g/mol. The van der Waals surface area contributed by atoms with Crippen LogP contribution in [0.25, 0.3) is 0 Å². The zero-order chi connectivity index (χ0) is 36.3. The number of carbonyl (C=O) groups is 2. The minimum atomic E-state index is -2.46. The first kappa shape index (κ1) is 36.2. The fraction of sp³-hybridized carbons (Fsp3) is 0.366. The normalized spacial score (nSPS) is 20.3. The Morgan fingerprint density at radius 2 is 1.57 bits per heavy atom. The van der Waals surface area contributed by atoms with Crippen LogP contribution in [0.3, 0.4) is 0 Å². The van der Waals surface area contributed by atoms with Crippen LogP contribution in [0.2, 0.25) is 18.6 Å². The van der Waals surface area contributed by atoms with E-state index in [0.29, 0.717) is 35.7 Å². The van der Waals surface area contributed by atoms with Gasteiger partial charge in [0, 0.05) is 48.3 Å². The molecule has 2 aliphatic heterocycles. The van der Waals surface area contributed by atoms with E-state index in [4.69, 9.17) is 18.9 Å². The first-order chi connectivity index (χ1) is 24.6. The van der Waals surface area contributed by atoms with Gasteiger partial charge < -0.3 is 34.3 Å². The van der Waals surface area contributed by atoms with E-state index in [0.717, 1.165) is 16.9 Å². The Hall–Kier alpha value is -4.64. The molecule has 2 aliphatic rings. The molecule has 9 nitrogen and oxygen atoms in total. The van der Waals surface area contributed by atoms with E-state index >= 15 is 0 Å². The summed E-state index contributed by atoms with van der Waals surface area (Å²) in [7, 11) is 2.48. The molecule has 2 heterocycles. The molecule has 0 radical (unpaired) electrons. The Kier molecular flexibility index (Phi) is 10.9. The van der Waals surface area contributed by atoms with E-state index in [1.165, 1.54) is 10.8 Å². The fourth-order valence-electron chi connectivity index (χ4n) is 7.77. The van der Waals surface area contributed by atoms with E-state index in [1.807, 2.05) is 47.4 Å². The highest BCUT2D eigenvalue weighted by molar-refractivity contribution is 6.91. The quantitative estimate of drug-likeness (QED) is 0.175. The van der Waals surface area contributed by atoms with Gasteiger partial charge in [0.25, 0.3) is 5.91 Å². The Morgan fingerprint density at radius 1 is 0.922 bits per heavy atom. The number of aliphatic hydroxyl groups excluding tert-OH is 1. The van der Waals surface area contributed by atoms with Crippen LogP contribution in [0.4, 0.5) is 5.69 Å². The number of nitrogens with zero attached hydrogens (tertiary/aromatic N) is 1. The van der Waals surface area contributed by atoms with Crippen molar-refractivity contribution in [2.75, 3.05) is 33.3 Å². The minimum absolute atomic E-state index is 0.00907. The second-order valence-corrected chi connectivity index (χ2v) is 18.9. The van der Waals surface area contributed by atoms with Crippen molar-refractivity contribution in [1.29, 1.82) is 0 Å². The topological polar surface area (TPSA) is 107 Å². The lowest BCUT2D eigenvalue weighted by Gasteiger charge is -2.46. The van der Waals surface area contributed by atoms with Crippen LogP contribution in [0.5, 0.6) is 17.2 Å². The highest BCUT2D eigenvalue weighted by atomic mass is 28.3. The van der Waals surface area contributed by atoms with Gasteiger partial charge in [0.05, 0.1) is 41.0 Å². The van der Waals surface area contributed by atoms with Gasteiger partial charge in [-0.3, -0.25) is 9.59 Å². The van der Waals surface area contributed by atoms with Gasteiger partial charge in [0.15, 0.2) is 0 Å². The van der Waals surface area contributed by atoms with Crippen LogP contribution < -0.4 is 24.7 Å². The molecule has 10 heteroatoms. The number of hydrogen-bond donors (Lipinski definition) is 2. The van der Waals surface area contributed by atoms with Crippen LogP contribution in [-0.4, -0.2) is 70.0 Å². The van der Waals surface area contributed by atoms with Crippen LogP contribution in [0.1, 0.15) is 46.5 Å². The summed E-state index contributed by atoms with van der Waals surface area (Å²) in [6.45, 7) is 7.08. The van der Waals surface area contributed by atoms with Crippen molar-refractivity contribution in [1.82, 2.24) is 4.90 Å². The number of methoxy groups -OCH3 is 3. The molecule has 0 saturated carbocycles. The van der Waals surface area contributed by atoms with Crippen LogP contribution >= 0.6 is 0 Å². The predicted molar refractivity (Wildman–Crippen MR) is 201 cm³/mol. The Morgan fingerprint density at radius 3 is 2.20 bits per heavy atom. The first-order valence-electron chi connectivity index (χ1n) is 17.5. The van der Waals surface area contributed by atoms with E-state index < -0.39 is 8.07 Å². The minimum Gasteiger partial charge on any atom is -0.497 e. The van der Waals surface area contributed by atoms with E-state index in [9.17, 15) is 14.7 Å². The number of anilines is 1. The molecule has 5 atom stereocenters. The summed E-state index contributed by atoms with van der Waals surface area (Å²) in [5, 5.41) is 14.6. The molecule has 6 rings (SSSR count). The number of amides is 2. The number of hydrogen-bond acceptors (Lipinski definition) is 7. The van der Waals surface area contributed by atoms with Crippen LogP contribution in [0, 0.1) is 5.92 Å². The lowest BCUT2D eigenvalue weighted by atomic mass is 9.86. The summed E-state index contributed by atoms with van der Waals surface area (Å²) in [6.07, 6.45) is 0.192. The number of aliphatic hydroxyl groups is 1. The van der Waals surface area contributed by atoms with Gasteiger partial charge >= 0.3 is 0 Å². The summed E-state index contributed by atoms with van der Waals surface area (Å²) in [5.74, 6) is 1.77. The summed E-state index contributed by atoms with van der Waals surface area (Å²) in [5.41, 5.74) is 4.13. The molecule has 0 bridgehead atoms. The average molecular weight is 709 g/mol. The van der Waals surface area contributed by atoms with Gasteiger partial charge in [-0.05, 0) is 72.1 Å². The second kappa shape index (κ2) is 15.3. The maximum Gasteiger partial charge on any atom is 0.255 e. The number of carbonyl (C=O) groups excluding carboxylic acids is 2. The Balaban J connectivity index is 1.32. The molecular formula is C41H48N2O7Si. The van der Waals surface area contributed by atoms with Gasteiger partial charge in [-0.25, -0.2) is 0 Å². The third-order valence-corrected chi connectivity index (χ3v) is 15.1. The molecule has 268 valence electrons. The molecule has 4 aromatic carbocycles. The van der Waals surface area contributed by atoms with Crippen molar-refractivity contribution in [3.63, 3.8) is 0 Å².